The van der Waals surface area contributed by atoms with Crippen molar-refractivity contribution in [3.05, 3.63) is 58.1 Å². The highest BCUT2D eigenvalue weighted by Crippen LogP contribution is 2.35. The lowest BCUT2D eigenvalue weighted by Gasteiger charge is -2.32. The fourth-order valence-corrected chi connectivity index (χ4v) is 3.29. The predicted molar refractivity (Wildman–Crippen MR) is 91.6 cm³/mol. The third-order valence-corrected chi connectivity index (χ3v) is 4.19. The lowest BCUT2D eigenvalue weighted by molar-refractivity contribution is 0.946. The molecule has 0 atom stereocenters. The maximum absolute atomic E-state index is 2.36. The zero-order chi connectivity index (χ0) is 13.6. The summed E-state index contributed by atoms with van der Waals surface area (Å²) in [5, 5.41) is 0. The molecule has 0 bridgehead atoms. The van der Waals surface area contributed by atoms with Crippen molar-refractivity contribution in [2.24, 2.45) is 0 Å². The zero-order valence-corrected chi connectivity index (χ0v) is 12.2. The molecule has 0 saturated heterocycles. The number of fused-ring (bicyclic) bond motifs is 1. The van der Waals surface area contributed by atoms with Gasteiger partial charge in [0.05, 0.1) is 0 Å². The normalized spacial score (nSPS) is 18.3. The lowest BCUT2D eigenvalue weighted by atomic mass is 9.80. The van der Waals surface area contributed by atoms with Gasteiger partial charge in [-0.2, -0.15) is 0 Å². The van der Waals surface area contributed by atoms with Gasteiger partial charge in [-0.15, -0.1) is 5.47 Å². The van der Waals surface area contributed by atoms with Gasteiger partial charge in [0.25, 0.3) is 0 Å². The van der Waals surface area contributed by atoms with Gasteiger partial charge >= 0.3 is 0 Å². The molecular weight excluding hydrogens is 227 g/mol. The minimum absolute atomic E-state index is 1.09. The van der Waals surface area contributed by atoms with Crippen molar-refractivity contribution in [1.82, 2.24) is 0 Å². The number of rotatable bonds is 0. The SMILES string of the molecule is BC1=CC2=C(CC(B)=C1)Cc1c(B)cccc1N2C. The van der Waals surface area contributed by atoms with Crippen molar-refractivity contribution >= 4 is 34.7 Å². The van der Waals surface area contributed by atoms with Crippen LogP contribution in [0.5, 0.6) is 0 Å². The Labute approximate surface area is 118 Å². The van der Waals surface area contributed by atoms with E-state index in [1.165, 1.54) is 33.4 Å². The van der Waals surface area contributed by atoms with Crippen LogP contribution in [0.15, 0.2) is 52.6 Å². The number of nitrogens with zero attached hydrogens (tertiary/aromatic N) is 1. The molecule has 0 fully saturated rings. The highest BCUT2D eigenvalue weighted by atomic mass is 15.1. The minimum Gasteiger partial charge on any atom is -0.344 e. The van der Waals surface area contributed by atoms with Crippen LogP contribution in [0, 0.1) is 0 Å². The first-order valence-corrected chi connectivity index (χ1v) is 6.96. The van der Waals surface area contributed by atoms with Crippen LogP contribution in [0.4, 0.5) is 5.69 Å². The van der Waals surface area contributed by atoms with Crippen LogP contribution >= 0.6 is 0 Å². The number of anilines is 1. The van der Waals surface area contributed by atoms with Crippen molar-refractivity contribution in [3.8, 4) is 0 Å². The van der Waals surface area contributed by atoms with Crippen molar-refractivity contribution in [3.63, 3.8) is 0 Å². The molecule has 1 aliphatic heterocycles. The summed E-state index contributed by atoms with van der Waals surface area (Å²) in [6.45, 7) is 0. The summed E-state index contributed by atoms with van der Waals surface area (Å²) in [6, 6.07) is 6.62. The average Bonchev–Trinajstić information content (AvgIpc) is 2.49. The van der Waals surface area contributed by atoms with Gasteiger partial charge < -0.3 is 4.90 Å². The molecule has 0 N–H and O–H groups in total. The van der Waals surface area contributed by atoms with Gasteiger partial charge in [-0.1, -0.05) is 29.1 Å². The molecule has 1 nitrogen and oxygen atoms in total. The van der Waals surface area contributed by atoms with Crippen LogP contribution in [0.3, 0.4) is 0 Å². The lowest BCUT2D eigenvalue weighted by Crippen LogP contribution is -2.27. The van der Waals surface area contributed by atoms with Gasteiger partial charge in [-0.3, -0.25) is 0 Å². The summed E-state index contributed by atoms with van der Waals surface area (Å²) in [5.74, 6) is 0. The van der Waals surface area contributed by atoms with Gasteiger partial charge in [0.2, 0.25) is 0 Å². The Balaban J connectivity index is 2.14. The van der Waals surface area contributed by atoms with E-state index < -0.39 is 0 Å². The third kappa shape index (κ3) is 2.09. The predicted octanol–water partition coefficient (Wildman–Crippen LogP) is -0.371. The van der Waals surface area contributed by atoms with Crippen LogP contribution in [-0.4, -0.2) is 30.6 Å². The molecule has 92 valence electrons. The Morgan fingerprint density at radius 3 is 2.63 bits per heavy atom. The summed E-state index contributed by atoms with van der Waals surface area (Å²) in [7, 11) is 8.84. The molecule has 4 heteroatoms. The Morgan fingerprint density at radius 2 is 1.84 bits per heavy atom. The van der Waals surface area contributed by atoms with Gasteiger partial charge in [-0.05, 0) is 36.1 Å². The van der Waals surface area contributed by atoms with E-state index in [9.17, 15) is 0 Å². The maximum Gasteiger partial charge on any atom is 0.139 e. The Bertz CT molecular complexity index is 641. The van der Waals surface area contributed by atoms with Crippen LogP contribution in [0.25, 0.3) is 0 Å². The maximum atomic E-state index is 2.36. The van der Waals surface area contributed by atoms with E-state index in [2.05, 4.69) is 65.8 Å². The van der Waals surface area contributed by atoms with Gasteiger partial charge in [0, 0.05) is 18.4 Å². The van der Waals surface area contributed by atoms with Gasteiger partial charge in [-0.25, -0.2) is 0 Å². The molecule has 1 aliphatic carbocycles. The summed E-state index contributed by atoms with van der Waals surface area (Å²) in [4.78, 5) is 2.36. The Kier molecular flexibility index (Phi) is 2.97. The summed E-state index contributed by atoms with van der Waals surface area (Å²) in [6.07, 6.45) is 6.83. The minimum atomic E-state index is 1.09. The zero-order valence-electron chi connectivity index (χ0n) is 12.2. The number of benzene rings is 1. The average molecular weight is 245 g/mol. The molecule has 0 unspecified atom stereocenters. The molecule has 1 aromatic carbocycles. The molecule has 0 amide bonds. The van der Waals surface area contributed by atoms with E-state index in [0.717, 1.165) is 12.8 Å². The van der Waals surface area contributed by atoms with E-state index in [1.54, 1.807) is 5.57 Å². The highest BCUT2D eigenvalue weighted by Gasteiger charge is 2.23. The monoisotopic (exact) mass is 245 g/mol. The molecular formula is C15H18B3N. The highest BCUT2D eigenvalue weighted by molar-refractivity contribution is 6.34. The van der Waals surface area contributed by atoms with Gasteiger partial charge in [0.1, 0.15) is 23.5 Å². The summed E-state index contributed by atoms with van der Waals surface area (Å²) in [5.41, 5.74) is 10.0. The van der Waals surface area contributed by atoms with Crippen molar-refractivity contribution < 1.29 is 0 Å². The molecule has 1 heterocycles. The van der Waals surface area contributed by atoms with E-state index in [1.807, 2.05) is 0 Å². The first-order chi connectivity index (χ1) is 9.06. The largest absolute Gasteiger partial charge is 0.344 e. The van der Waals surface area contributed by atoms with E-state index in [0.29, 0.717) is 0 Å². The molecule has 0 radical (unpaired) electrons. The molecule has 3 rings (SSSR count). The van der Waals surface area contributed by atoms with Crippen LogP contribution in [-0.2, 0) is 6.42 Å². The topological polar surface area (TPSA) is 3.24 Å². The van der Waals surface area contributed by atoms with Crippen LogP contribution < -0.4 is 10.4 Å². The molecule has 0 aromatic heterocycles. The number of hydrogen-bond acceptors (Lipinski definition) is 1. The summed E-state index contributed by atoms with van der Waals surface area (Å²) >= 11 is 0. The number of hydrogen-bond donors (Lipinski definition) is 0. The standard InChI is InChI=1S/C15H18B3N/c1-19-14-4-2-3-13(18)12(14)6-9-5-10(16)7-11(17)8-15(9)19/h2-4,7-8H,5-6,16-18H2,1H3. The van der Waals surface area contributed by atoms with Crippen molar-refractivity contribution in [1.29, 1.82) is 0 Å². The van der Waals surface area contributed by atoms with Crippen LogP contribution in [0.1, 0.15) is 12.0 Å². The smallest absolute Gasteiger partial charge is 0.139 e. The second kappa shape index (κ2) is 4.52. The summed E-state index contributed by atoms with van der Waals surface area (Å²) < 4.78 is 0. The van der Waals surface area contributed by atoms with E-state index in [-0.39, 0.29) is 0 Å². The second-order valence-corrected chi connectivity index (χ2v) is 5.85. The van der Waals surface area contributed by atoms with Crippen LogP contribution in [0.2, 0.25) is 0 Å². The third-order valence-electron chi connectivity index (χ3n) is 4.19. The second-order valence-electron chi connectivity index (χ2n) is 5.85. The van der Waals surface area contributed by atoms with E-state index in [4.69, 9.17) is 0 Å². The fraction of sp³-hybridized carbons (Fsp3) is 0.200. The molecule has 0 saturated carbocycles. The molecule has 1 aromatic rings. The quantitative estimate of drug-likeness (QED) is 0.563. The van der Waals surface area contributed by atoms with Crippen molar-refractivity contribution in [2.45, 2.75) is 12.8 Å². The van der Waals surface area contributed by atoms with E-state index >= 15 is 0 Å². The first kappa shape index (κ1) is 12.5. The molecule has 0 spiro atoms. The van der Waals surface area contributed by atoms with Gasteiger partial charge in [0.15, 0.2) is 0 Å². The number of allylic oxidation sites excluding steroid dienone is 5. The Morgan fingerprint density at radius 1 is 1.05 bits per heavy atom. The Hall–Kier alpha value is -1.57. The molecule has 19 heavy (non-hydrogen) atoms. The fourth-order valence-electron chi connectivity index (χ4n) is 3.29. The molecule has 2 aliphatic rings. The number of likely N-dealkylation sites (N-methyl/N-ethyl adjacent to an activating group) is 1. The first-order valence-electron chi connectivity index (χ1n) is 6.96. The van der Waals surface area contributed by atoms with Crippen molar-refractivity contribution in [2.75, 3.05) is 11.9 Å².